The van der Waals surface area contributed by atoms with E-state index in [-0.39, 0.29) is 29.5 Å². The molecule has 0 aliphatic heterocycles. The highest BCUT2D eigenvalue weighted by atomic mass is 35.5. The number of aromatic nitrogens is 1. The van der Waals surface area contributed by atoms with Crippen LogP contribution < -0.4 is 20.3 Å². The number of amides is 3. The molecule has 0 unspecified atom stereocenters. The number of benzene rings is 3. The minimum absolute atomic E-state index is 0.0339. The summed E-state index contributed by atoms with van der Waals surface area (Å²) in [5.41, 5.74) is 2.46. The molecule has 12 heteroatoms. The largest absolute Gasteiger partial charge is 0.487 e. The number of pyridine rings is 1. The number of aryl methyl sites for hydroxylation is 1. The molecule has 0 fully saturated rings. The van der Waals surface area contributed by atoms with Gasteiger partial charge in [-0.25, -0.2) is 9.78 Å². The van der Waals surface area contributed by atoms with E-state index in [0.29, 0.717) is 27.5 Å². The van der Waals surface area contributed by atoms with Crippen molar-refractivity contribution in [2.45, 2.75) is 13.5 Å². The third kappa shape index (κ3) is 6.54. The van der Waals surface area contributed by atoms with Gasteiger partial charge < -0.3 is 20.3 Å². The number of rotatable bonds is 8. The zero-order valence-electron chi connectivity index (χ0n) is 20.9. The molecule has 0 spiro atoms. The van der Waals surface area contributed by atoms with Crippen LogP contribution in [0.1, 0.15) is 11.3 Å². The summed E-state index contributed by atoms with van der Waals surface area (Å²) >= 11 is 13.1. The second kappa shape index (κ2) is 12.0. The van der Waals surface area contributed by atoms with Gasteiger partial charge in [0.15, 0.2) is 0 Å². The van der Waals surface area contributed by atoms with Crippen LogP contribution in [0.4, 0.5) is 21.9 Å². The van der Waals surface area contributed by atoms with Gasteiger partial charge in [-0.1, -0.05) is 47.5 Å². The Morgan fingerprint density at radius 2 is 1.85 bits per heavy atom. The number of hydrogen-bond acceptors (Lipinski definition) is 6. The van der Waals surface area contributed by atoms with E-state index >= 15 is 0 Å². The Bertz CT molecular complexity index is 1580. The smallest absolute Gasteiger partial charge is 0.319 e. The van der Waals surface area contributed by atoms with E-state index in [1.165, 1.54) is 36.2 Å². The number of nitrogens with zero attached hydrogens (tertiary/aromatic N) is 3. The summed E-state index contributed by atoms with van der Waals surface area (Å²) < 4.78 is 6.03. The number of hydrogen-bond donors (Lipinski definition) is 2. The first kappa shape index (κ1) is 27.6. The highest BCUT2D eigenvalue weighted by molar-refractivity contribution is 6.38. The maximum absolute atomic E-state index is 12.8. The fourth-order valence-electron chi connectivity index (χ4n) is 3.74. The minimum atomic E-state index is -0.701. The lowest BCUT2D eigenvalue weighted by molar-refractivity contribution is -0.384. The van der Waals surface area contributed by atoms with E-state index in [4.69, 9.17) is 27.9 Å². The van der Waals surface area contributed by atoms with Crippen molar-refractivity contribution in [2.75, 3.05) is 23.8 Å². The number of carbonyl (C=O) groups excluding carboxylic acids is 2. The molecule has 3 aromatic carbocycles. The highest BCUT2D eigenvalue weighted by Crippen LogP contribution is 2.35. The summed E-state index contributed by atoms with van der Waals surface area (Å²) in [7, 11) is 1.51. The average molecular weight is 568 g/mol. The quantitative estimate of drug-likeness (QED) is 0.195. The molecule has 200 valence electrons. The number of ether oxygens (including phenoxy) is 1. The van der Waals surface area contributed by atoms with Crippen LogP contribution in [-0.2, 0) is 11.4 Å². The van der Waals surface area contributed by atoms with Crippen molar-refractivity contribution in [3.05, 3.63) is 98.1 Å². The molecule has 4 aromatic rings. The highest BCUT2D eigenvalue weighted by Gasteiger charge is 2.20. The van der Waals surface area contributed by atoms with Gasteiger partial charge in [0.1, 0.15) is 17.9 Å². The van der Waals surface area contributed by atoms with Gasteiger partial charge in [-0.05, 0) is 37.3 Å². The third-order valence-corrected chi connectivity index (χ3v) is 6.59. The summed E-state index contributed by atoms with van der Waals surface area (Å²) in [5, 5.41) is 17.3. The van der Waals surface area contributed by atoms with Crippen LogP contribution in [-0.4, -0.2) is 35.4 Å². The van der Waals surface area contributed by atoms with Gasteiger partial charge >= 0.3 is 6.03 Å². The predicted octanol–water partition coefficient (Wildman–Crippen LogP) is 6.12. The number of fused-ring (bicyclic) bond motifs is 1. The van der Waals surface area contributed by atoms with E-state index in [1.807, 2.05) is 31.2 Å². The van der Waals surface area contributed by atoms with Gasteiger partial charge in [-0.3, -0.25) is 14.9 Å². The van der Waals surface area contributed by atoms with Crippen molar-refractivity contribution in [2.24, 2.45) is 0 Å². The molecule has 0 radical (unpaired) electrons. The van der Waals surface area contributed by atoms with Crippen molar-refractivity contribution in [3.63, 3.8) is 0 Å². The zero-order chi connectivity index (χ0) is 28.1. The van der Waals surface area contributed by atoms with E-state index in [9.17, 15) is 19.7 Å². The molecule has 0 bridgehead atoms. The number of nitro groups is 1. The van der Waals surface area contributed by atoms with Crippen molar-refractivity contribution in [1.29, 1.82) is 0 Å². The van der Waals surface area contributed by atoms with Crippen LogP contribution in [0.25, 0.3) is 10.9 Å². The number of halogens is 2. The van der Waals surface area contributed by atoms with Crippen LogP contribution >= 0.6 is 23.2 Å². The molecule has 0 saturated heterocycles. The number of anilines is 2. The summed E-state index contributed by atoms with van der Waals surface area (Å²) in [4.78, 5) is 41.2. The Morgan fingerprint density at radius 1 is 1.08 bits per heavy atom. The fourth-order valence-corrected chi connectivity index (χ4v) is 4.35. The number of likely N-dealkylation sites (N-methyl/N-ethyl adjacent to an activating group) is 1. The fraction of sp³-hybridized carbons (Fsp3) is 0.148. The molecule has 1 aromatic heterocycles. The van der Waals surface area contributed by atoms with Crippen LogP contribution in [0, 0.1) is 17.0 Å². The lowest BCUT2D eigenvalue weighted by Gasteiger charge is -2.21. The predicted molar refractivity (Wildman–Crippen MR) is 151 cm³/mol. The average Bonchev–Trinajstić information content (AvgIpc) is 2.91. The molecule has 0 aliphatic carbocycles. The van der Waals surface area contributed by atoms with E-state index in [0.717, 1.165) is 11.1 Å². The van der Waals surface area contributed by atoms with Crippen molar-refractivity contribution >= 4 is 63.1 Å². The van der Waals surface area contributed by atoms with Gasteiger partial charge in [-0.2, -0.15) is 0 Å². The molecule has 10 nitrogen and oxygen atoms in total. The monoisotopic (exact) mass is 567 g/mol. The van der Waals surface area contributed by atoms with Gasteiger partial charge in [0, 0.05) is 46.5 Å². The van der Waals surface area contributed by atoms with Crippen molar-refractivity contribution in [1.82, 2.24) is 10.3 Å². The summed E-state index contributed by atoms with van der Waals surface area (Å²) in [6, 6.07) is 17.4. The number of urea groups is 1. The van der Waals surface area contributed by atoms with Gasteiger partial charge in [-0.15, -0.1) is 0 Å². The van der Waals surface area contributed by atoms with Crippen molar-refractivity contribution in [3.8, 4) is 5.75 Å². The molecule has 3 amide bonds. The molecule has 4 rings (SSSR count). The first-order valence-corrected chi connectivity index (χ1v) is 12.4. The Kier molecular flexibility index (Phi) is 8.48. The standard InChI is InChI=1S/C27H23Cl2N5O5/c1-16-9-10-17-5-3-8-23(26(17)31-16)39-15-20-21(28)11-12-22(25(20)29)33(2)24(35)14-30-27(36)32-18-6-4-7-19(13-18)34(37)38/h3-13H,14-15H2,1-2H3,(H2,30,32,36). The van der Waals surface area contributed by atoms with E-state index in [1.54, 1.807) is 18.2 Å². The maximum Gasteiger partial charge on any atom is 0.319 e. The first-order valence-electron chi connectivity index (χ1n) is 11.7. The summed E-state index contributed by atoms with van der Waals surface area (Å²) in [6.45, 7) is 1.57. The Labute approximate surface area is 233 Å². The molecule has 0 atom stereocenters. The molecule has 0 saturated carbocycles. The number of nitrogens with one attached hydrogen (secondary N) is 2. The van der Waals surface area contributed by atoms with Crippen LogP contribution in [0.3, 0.4) is 0 Å². The van der Waals surface area contributed by atoms with Gasteiger partial charge in [0.2, 0.25) is 5.91 Å². The Balaban J connectivity index is 1.42. The third-order valence-electron chi connectivity index (χ3n) is 5.81. The maximum atomic E-state index is 12.8. The molecular weight excluding hydrogens is 545 g/mol. The minimum Gasteiger partial charge on any atom is -0.487 e. The molecule has 2 N–H and O–H groups in total. The molecule has 0 aliphatic rings. The number of non-ortho nitro benzene ring substituents is 1. The number of carbonyl (C=O) groups is 2. The summed E-state index contributed by atoms with van der Waals surface area (Å²) in [6.07, 6.45) is 0. The second-order valence-corrected chi connectivity index (χ2v) is 9.28. The first-order chi connectivity index (χ1) is 18.6. The number of para-hydroxylation sites is 1. The van der Waals surface area contributed by atoms with Crippen LogP contribution in [0.15, 0.2) is 66.7 Å². The van der Waals surface area contributed by atoms with E-state index < -0.39 is 16.9 Å². The molecule has 1 heterocycles. The lowest BCUT2D eigenvalue weighted by atomic mass is 10.1. The van der Waals surface area contributed by atoms with Crippen molar-refractivity contribution < 1.29 is 19.2 Å². The van der Waals surface area contributed by atoms with Crippen LogP contribution in [0.5, 0.6) is 5.75 Å². The molecular formula is C27H23Cl2N5O5. The number of nitro benzene ring substituents is 1. The Morgan fingerprint density at radius 3 is 2.62 bits per heavy atom. The molecule has 39 heavy (non-hydrogen) atoms. The topological polar surface area (TPSA) is 127 Å². The normalized spacial score (nSPS) is 10.7. The Hall–Kier alpha value is -4.41. The van der Waals surface area contributed by atoms with Gasteiger partial charge in [0.25, 0.3) is 5.69 Å². The SMILES string of the molecule is Cc1ccc2cccc(OCc3c(Cl)ccc(N(C)C(=O)CNC(=O)Nc4cccc([N+](=O)[O-])c4)c3Cl)c2n1. The lowest BCUT2D eigenvalue weighted by Crippen LogP contribution is -2.40. The van der Waals surface area contributed by atoms with Crippen LogP contribution in [0.2, 0.25) is 10.0 Å². The van der Waals surface area contributed by atoms with E-state index in [2.05, 4.69) is 15.6 Å². The zero-order valence-corrected chi connectivity index (χ0v) is 22.4. The summed E-state index contributed by atoms with van der Waals surface area (Å²) in [5.74, 6) is 0.103. The second-order valence-electron chi connectivity index (χ2n) is 8.50. The van der Waals surface area contributed by atoms with Gasteiger partial charge in [0.05, 0.1) is 22.2 Å².